The molecule has 38 heavy (non-hydrogen) atoms. The van der Waals surface area contributed by atoms with Crippen molar-refractivity contribution in [3.8, 4) is 0 Å². The first-order valence-electron chi connectivity index (χ1n) is 13.2. The van der Waals surface area contributed by atoms with Crippen molar-refractivity contribution in [1.82, 2.24) is 19.0 Å². The van der Waals surface area contributed by atoms with Crippen LogP contribution in [0.1, 0.15) is 42.4 Å². The van der Waals surface area contributed by atoms with E-state index in [1.54, 1.807) is 6.26 Å². The minimum atomic E-state index is -2.20. The highest BCUT2D eigenvalue weighted by Crippen LogP contribution is 2.35. The molecule has 3 atom stereocenters. The van der Waals surface area contributed by atoms with E-state index in [1.165, 1.54) is 11.1 Å². The van der Waals surface area contributed by atoms with Crippen LogP contribution in [-0.2, 0) is 21.0 Å². The van der Waals surface area contributed by atoms with Gasteiger partial charge in [0.15, 0.2) is 0 Å². The molecule has 4 rings (SSSR count). The molecule has 2 heterocycles. The Hall–Kier alpha value is -1.61. The molecule has 0 saturated carbocycles. The zero-order valence-electron chi connectivity index (χ0n) is 22.9. The van der Waals surface area contributed by atoms with Gasteiger partial charge in [0, 0.05) is 73.7 Å². The van der Waals surface area contributed by atoms with Gasteiger partial charge < -0.3 is 4.90 Å². The molecule has 2 aromatic carbocycles. The fourth-order valence-corrected chi connectivity index (χ4v) is 6.73. The third-order valence-corrected chi connectivity index (χ3v) is 10.1. The van der Waals surface area contributed by atoms with Crippen LogP contribution in [-0.4, -0.2) is 100 Å². The maximum atomic E-state index is 13.5. The van der Waals surface area contributed by atoms with Gasteiger partial charge in [0.1, 0.15) is 0 Å². The highest BCUT2D eigenvalue weighted by Gasteiger charge is 2.39. The number of rotatable bonds is 8. The van der Waals surface area contributed by atoms with E-state index in [0.29, 0.717) is 61.8 Å². The Morgan fingerprint density at radius 1 is 1.05 bits per heavy atom. The molecule has 2 aliphatic rings. The second-order valence-electron chi connectivity index (χ2n) is 11.1. The monoisotopic (exact) mass is 578 g/mol. The van der Waals surface area contributed by atoms with Crippen molar-refractivity contribution in [3.63, 3.8) is 0 Å². The number of amides is 1. The standard InChI is InChI=1S/C29H40Cl2N4O2S/c1-21(2)23-8-6-22(7-9-23)17-32(3)28-19-34(18-25(28)24-10-11-26(30)27(31)16-24)29(36)20-33-12-14-35(15-13-33)38(4,5)37/h6-11,16,21,25,28H,4,12-15,17-20H2,1-3,5H3/t25-,28+,38?/m1/s1. The van der Waals surface area contributed by atoms with Gasteiger partial charge in [0.2, 0.25) is 5.91 Å². The van der Waals surface area contributed by atoms with E-state index in [9.17, 15) is 9.00 Å². The molecular formula is C29H40Cl2N4O2S. The number of likely N-dealkylation sites (tertiary alicyclic amines) is 1. The molecule has 0 spiro atoms. The number of piperazine rings is 1. The molecule has 0 radical (unpaired) electrons. The molecule has 2 aliphatic heterocycles. The SMILES string of the molecule is C=S(C)(=O)N1CCN(CC(=O)N2C[C@H](c3ccc(Cl)c(Cl)c3)[C@@H](N(C)Cc3ccc(C(C)C)cc3)C2)CC1. The average Bonchev–Trinajstić information content (AvgIpc) is 3.32. The van der Waals surface area contributed by atoms with Crippen LogP contribution < -0.4 is 0 Å². The van der Waals surface area contributed by atoms with E-state index in [-0.39, 0.29) is 17.9 Å². The molecule has 2 fully saturated rings. The summed E-state index contributed by atoms with van der Waals surface area (Å²) in [6, 6.07) is 14.8. The summed E-state index contributed by atoms with van der Waals surface area (Å²) in [6.07, 6.45) is 1.68. The molecule has 0 aliphatic carbocycles. The minimum absolute atomic E-state index is 0.126. The maximum Gasteiger partial charge on any atom is 0.236 e. The molecule has 1 amide bonds. The number of carbonyl (C=O) groups is 1. The van der Waals surface area contributed by atoms with E-state index >= 15 is 0 Å². The highest BCUT2D eigenvalue weighted by molar-refractivity contribution is 7.97. The first-order valence-corrected chi connectivity index (χ1v) is 16.1. The number of nitrogens with zero attached hydrogens (tertiary/aromatic N) is 4. The van der Waals surface area contributed by atoms with Crippen molar-refractivity contribution in [1.29, 1.82) is 0 Å². The van der Waals surface area contributed by atoms with Crippen LogP contribution >= 0.6 is 23.2 Å². The number of halogens is 2. The molecular weight excluding hydrogens is 539 g/mol. The van der Waals surface area contributed by atoms with Crippen molar-refractivity contribution in [3.05, 3.63) is 69.2 Å². The normalized spacial score (nSPS) is 22.8. The first-order chi connectivity index (χ1) is 17.9. The highest BCUT2D eigenvalue weighted by atomic mass is 35.5. The molecule has 208 valence electrons. The summed E-state index contributed by atoms with van der Waals surface area (Å²) in [7, 11) is -0.0632. The molecule has 0 aromatic heterocycles. The quantitative estimate of drug-likeness (QED) is 0.435. The van der Waals surface area contributed by atoms with E-state index in [1.807, 2.05) is 27.4 Å². The predicted octanol–water partition coefficient (Wildman–Crippen LogP) is 4.42. The molecule has 2 saturated heterocycles. The lowest BCUT2D eigenvalue weighted by molar-refractivity contribution is -0.131. The Balaban J connectivity index is 1.47. The van der Waals surface area contributed by atoms with Gasteiger partial charge in [-0.2, -0.15) is 0 Å². The van der Waals surface area contributed by atoms with Crippen LogP contribution in [0, 0.1) is 0 Å². The molecule has 1 unspecified atom stereocenters. The number of hydrogen-bond acceptors (Lipinski definition) is 4. The van der Waals surface area contributed by atoms with E-state index in [4.69, 9.17) is 23.2 Å². The van der Waals surface area contributed by atoms with Crippen molar-refractivity contribution >= 4 is 44.7 Å². The number of carbonyl (C=O) groups excluding carboxylic acids is 1. The van der Waals surface area contributed by atoms with Gasteiger partial charge in [-0.15, -0.1) is 0 Å². The summed E-state index contributed by atoms with van der Waals surface area (Å²) in [4.78, 5) is 20.0. The molecule has 0 bridgehead atoms. The Morgan fingerprint density at radius 2 is 1.71 bits per heavy atom. The van der Waals surface area contributed by atoms with E-state index < -0.39 is 9.71 Å². The average molecular weight is 580 g/mol. The van der Waals surface area contributed by atoms with Crippen LogP contribution in [0.4, 0.5) is 0 Å². The van der Waals surface area contributed by atoms with Gasteiger partial charge in [-0.05, 0) is 47.7 Å². The van der Waals surface area contributed by atoms with Gasteiger partial charge in [-0.3, -0.25) is 18.8 Å². The molecule has 0 N–H and O–H groups in total. The topological polar surface area (TPSA) is 47.1 Å². The molecule has 6 nitrogen and oxygen atoms in total. The number of hydrogen-bond donors (Lipinski definition) is 0. The van der Waals surface area contributed by atoms with Crippen LogP contribution in [0.15, 0.2) is 42.5 Å². The van der Waals surface area contributed by atoms with Crippen LogP contribution in [0.5, 0.6) is 0 Å². The molecule has 2 aromatic rings. The van der Waals surface area contributed by atoms with Crippen molar-refractivity contribution in [2.24, 2.45) is 0 Å². The Morgan fingerprint density at radius 3 is 2.29 bits per heavy atom. The minimum Gasteiger partial charge on any atom is -0.339 e. The third-order valence-electron chi connectivity index (χ3n) is 7.89. The fourth-order valence-electron chi connectivity index (χ4n) is 5.49. The van der Waals surface area contributed by atoms with Gasteiger partial charge in [0.25, 0.3) is 0 Å². The van der Waals surface area contributed by atoms with Crippen molar-refractivity contribution in [2.45, 2.75) is 38.3 Å². The maximum absolute atomic E-state index is 13.5. The Labute approximate surface area is 238 Å². The lowest BCUT2D eigenvalue weighted by Gasteiger charge is -2.35. The summed E-state index contributed by atoms with van der Waals surface area (Å²) in [5, 5.41) is 1.07. The molecule has 9 heteroatoms. The second kappa shape index (κ2) is 12.3. The zero-order chi connectivity index (χ0) is 27.6. The first kappa shape index (κ1) is 29.4. The van der Waals surface area contributed by atoms with Gasteiger partial charge in [0.05, 0.1) is 16.6 Å². The smallest absolute Gasteiger partial charge is 0.236 e. The third kappa shape index (κ3) is 7.12. The van der Waals surface area contributed by atoms with E-state index in [0.717, 1.165) is 12.1 Å². The van der Waals surface area contributed by atoms with Crippen LogP contribution in [0.3, 0.4) is 0 Å². The van der Waals surface area contributed by atoms with E-state index in [2.05, 4.69) is 60.8 Å². The summed E-state index contributed by atoms with van der Waals surface area (Å²) in [5.74, 6) is 4.56. The Kier molecular flexibility index (Phi) is 9.49. The largest absolute Gasteiger partial charge is 0.339 e. The predicted molar refractivity (Wildman–Crippen MR) is 161 cm³/mol. The van der Waals surface area contributed by atoms with Crippen LogP contribution in [0.25, 0.3) is 0 Å². The summed E-state index contributed by atoms with van der Waals surface area (Å²) < 4.78 is 14.2. The summed E-state index contributed by atoms with van der Waals surface area (Å²) in [6.45, 7) is 9.64. The summed E-state index contributed by atoms with van der Waals surface area (Å²) >= 11 is 12.6. The van der Waals surface area contributed by atoms with Crippen molar-refractivity contribution in [2.75, 3.05) is 59.1 Å². The van der Waals surface area contributed by atoms with Crippen LogP contribution in [0.2, 0.25) is 10.0 Å². The van der Waals surface area contributed by atoms with Crippen molar-refractivity contribution < 1.29 is 9.00 Å². The fraction of sp³-hybridized carbons (Fsp3) is 0.517. The summed E-state index contributed by atoms with van der Waals surface area (Å²) in [5.41, 5.74) is 3.69. The zero-order valence-corrected chi connectivity index (χ0v) is 25.2. The second-order valence-corrected chi connectivity index (χ2v) is 14.4. The Bertz CT molecular complexity index is 1230. The lowest BCUT2D eigenvalue weighted by atomic mass is 9.93. The van der Waals surface area contributed by atoms with Gasteiger partial charge in [-0.1, -0.05) is 67.4 Å². The lowest BCUT2D eigenvalue weighted by Crippen LogP contribution is -2.51. The van der Waals surface area contributed by atoms with Gasteiger partial charge >= 0.3 is 0 Å². The number of benzene rings is 2. The van der Waals surface area contributed by atoms with Gasteiger partial charge in [-0.25, -0.2) is 4.31 Å². The number of likely N-dealkylation sites (N-methyl/N-ethyl adjacent to an activating group) is 1.